The normalized spacial score (nSPS) is 27.5. The maximum atomic E-state index is 8.86. The first-order valence-corrected chi connectivity index (χ1v) is 5.29. The molecule has 0 spiro atoms. The number of ether oxygens (including phenoxy) is 1. The lowest BCUT2D eigenvalue weighted by Crippen LogP contribution is -2.50. The number of likely N-dealkylation sites (tertiary alicyclic amines) is 1. The summed E-state index contributed by atoms with van der Waals surface area (Å²) >= 11 is 0. The molecule has 0 aromatic rings. The first kappa shape index (κ1) is 9.44. The average Bonchev–Trinajstić information content (AvgIpc) is 2.12. The Hall–Kier alpha value is -0.120. The lowest BCUT2D eigenvalue weighted by molar-refractivity contribution is 0.0101. The van der Waals surface area contributed by atoms with Crippen LogP contribution in [-0.4, -0.2) is 49.5 Å². The van der Waals surface area contributed by atoms with E-state index in [1.54, 1.807) is 0 Å². The number of aliphatic hydroxyl groups excluding tert-OH is 1. The summed E-state index contributed by atoms with van der Waals surface area (Å²) in [5.41, 5.74) is 0. The van der Waals surface area contributed by atoms with Gasteiger partial charge in [-0.25, -0.2) is 0 Å². The van der Waals surface area contributed by atoms with E-state index in [2.05, 4.69) is 4.90 Å². The molecule has 2 saturated heterocycles. The Kier molecular flexibility index (Phi) is 3.19. The van der Waals surface area contributed by atoms with Crippen LogP contribution in [0, 0.1) is 11.8 Å². The summed E-state index contributed by atoms with van der Waals surface area (Å²) in [5, 5.41) is 8.86. The van der Waals surface area contributed by atoms with Gasteiger partial charge in [0.2, 0.25) is 0 Å². The van der Waals surface area contributed by atoms with Crippen molar-refractivity contribution < 1.29 is 9.84 Å². The first-order valence-electron chi connectivity index (χ1n) is 5.29. The molecule has 2 aliphatic heterocycles. The van der Waals surface area contributed by atoms with E-state index < -0.39 is 0 Å². The van der Waals surface area contributed by atoms with Crippen LogP contribution in [-0.2, 0) is 4.74 Å². The maximum Gasteiger partial charge on any atom is 0.0483 e. The van der Waals surface area contributed by atoms with Crippen LogP contribution in [0.2, 0.25) is 0 Å². The van der Waals surface area contributed by atoms with Crippen LogP contribution < -0.4 is 0 Å². The lowest BCUT2D eigenvalue weighted by atomic mass is 9.95. The topological polar surface area (TPSA) is 32.7 Å². The number of hydrogen-bond donors (Lipinski definition) is 1. The zero-order valence-corrected chi connectivity index (χ0v) is 8.11. The van der Waals surface area contributed by atoms with Crippen LogP contribution in [0.15, 0.2) is 0 Å². The quantitative estimate of drug-likeness (QED) is 0.688. The van der Waals surface area contributed by atoms with E-state index in [0.29, 0.717) is 12.5 Å². The van der Waals surface area contributed by atoms with Gasteiger partial charge in [0.1, 0.15) is 0 Å². The number of hydrogen-bond acceptors (Lipinski definition) is 3. The highest BCUT2D eigenvalue weighted by molar-refractivity contribution is 4.81. The molecule has 0 radical (unpaired) electrons. The van der Waals surface area contributed by atoms with E-state index in [4.69, 9.17) is 9.84 Å². The third-order valence-electron chi connectivity index (χ3n) is 3.15. The molecule has 0 bridgehead atoms. The zero-order chi connectivity index (χ0) is 9.10. The summed E-state index contributed by atoms with van der Waals surface area (Å²) in [4.78, 5) is 2.46. The molecular weight excluding hydrogens is 166 g/mol. The maximum absolute atomic E-state index is 8.86. The van der Waals surface area contributed by atoms with Gasteiger partial charge in [0.05, 0.1) is 0 Å². The SMILES string of the molecule is OCC1CN(CC2CCOCC2)C1. The predicted octanol–water partition coefficient (Wildman–Crippen LogP) is 0.337. The van der Waals surface area contributed by atoms with Crippen LogP contribution in [0.25, 0.3) is 0 Å². The van der Waals surface area contributed by atoms with E-state index in [-0.39, 0.29) is 0 Å². The molecule has 76 valence electrons. The molecule has 0 aromatic carbocycles. The van der Waals surface area contributed by atoms with E-state index in [1.165, 1.54) is 19.4 Å². The van der Waals surface area contributed by atoms with E-state index in [0.717, 1.165) is 32.2 Å². The van der Waals surface area contributed by atoms with Gasteiger partial charge in [0, 0.05) is 45.4 Å². The largest absolute Gasteiger partial charge is 0.396 e. The Morgan fingerprint density at radius 3 is 2.46 bits per heavy atom. The second-order valence-corrected chi connectivity index (χ2v) is 4.32. The van der Waals surface area contributed by atoms with Crippen molar-refractivity contribution in [3.05, 3.63) is 0 Å². The molecule has 2 heterocycles. The molecule has 13 heavy (non-hydrogen) atoms. The van der Waals surface area contributed by atoms with Crippen molar-refractivity contribution in [1.29, 1.82) is 0 Å². The third-order valence-corrected chi connectivity index (χ3v) is 3.15. The average molecular weight is 185 g/mol. The van der Waals surface area contributed by atoms with Gasteiger partial charge >= 0.3 is 0 Å². The Morgan fingerprint density at radius 2 is 1.85 bits per heavy atom. The number of aliphatic hydroxyl groups is 1. The van der Waals surface area contributed by atoms with Crippen molar-refractivity contribution >= 4 is 0 Å². The van der Waals surface area contributed by atoms with Gasteiger partial charge in [-0.2, -0.15) is 0 Å². The lowest BCUT2D eigenvalue weighted by Gasteiger charge is -2.41. The minimum absolute atomic E-state index is 0.365. The number of rotatable bonds is 3. The zero-order valence-electron chi connectivity index (χ0n) is 8.11. The van der Waals surface area contributed by atoms with Gasteiger partial charge < -0.3 is 14.7 Å². The van der Waals surface area contributed by atoms with Gasteiger partial charge in [-0.3, -0.25) is 0 Å². The number of nitrogens with zero attached hydrogens (tertiary/aromatic N) is 1. The fourth-order valence-electron chi connectivity index (χ4n) is 2.24. The van der Waals surface area contributed by atoms with Crippen molar-refractivity contribution in [2.24, 2.45) is 11.8 Å². The Morgan fingerprint density at radius 1 is 1.15 bits per heavy atom. The molecule has 1 N–H and O–H groups in total. The third kappa shape index (κ3) is 2.42. The molecule has 3 nitrogen and oxygen atoms in total. The van der Waals surface area contributed by atoms with E-state index in [9.17, 15) is 0 Å². The predicted molar refractivity (Wildman–Crippen MR) is 50.6 cm³/mol. The standard InChI is InChI=1S/C10H19NO2/c12-8-10-6-11(7-10)5-9-1-3-13-4-2-9/h9-10,12H,1-8H2. The summed E-state index contributed by atoms with van der Waals surface area (Å²) < 4.78 is 5.32. The molecule has 2 aliphatic rings. The molecule has 0 aromatic heterocycles. The molecule has 3 heteroatoms. The van der Waals surface area contributed by atoms with Gasteiger partial charge in [0.25, 0.3) is 0 Å². The van der Waals surface area contributed by atoms with Gasteiger partial charge in [-0.15, -0.1) is 0 Å². The summed E-state index contributed by atoms with van der Waals surface area (Å²) in [6.45, 7) is 5.69. The highest BCUT2D eigenvalue weighted by Gasteiger charge is 2.28. The van der Waals surface area contributed by atoms with E-state index in [1.807, 2.05) is 0 Å². The molecule has 0 unspecified atom stereocenters. The monoisotopic (exact) mass is 185 g/mol. The molecule has 0 atom stereocenters. The van der Waals surface area contributed by atoms with Crippen molar-refractivity contribution in [2.75, 3.05) is 39.5 Å². The van der Waals surface area contributed by atoms with Gasteiger partial charge in [-0.1, -0.05) is 0 Å². The second kappa shape index (κ2) is 4.40. The highest BCUT2D eigenvalue weighted by atomic mass is 16.5. The molecule has 0 amide bonds. The molecular formula is C10H19NO2. The summed E-state index contributed by atoms with van der Waals surface area (Å²) in [7, 11) is 0. The summed E-state index contributed by atoms with van der Waals surface area (Å²) in [5.74, 6) is 1.40. The van der Waals surface area contributed by atoms with Crippen LogP contribution in [0.5, 0.6) is 0 Å². The molecule has 2 fully saturated rings. The minimum Gasteiger partial charge on any atom is -0.396 e. The fourth-order valence-corrected chi connectivity index (χ4v) is 2.24. The molecule has 2 rings (SSSR count). The van der Waals surface area contributed by atoms with Crippen LogP contribution in [0.3, 0.4) is 0 Å². The highest BCUT2D eigenvalue weighted by Crippen LogP contribution is 2.21. The van der Waals surface area contributed by atoms with Crippen molar-refractivity contribution in [1.82, 2.24) is 4.90 Å². The summed E-state index contributed by atoms with van der Waals surface area (Å²) in [6, 6.07) is 0. The Bertz CT molecular complexity index is 151. The Labute approximate surface area is 79.7 Å². The molecule has 0 saturated carbocycles. The van der Waals surface area contributed by atoms with Gasteiger partial charge in [0.15, 0.2) is 0 Å². The van der Waals surface area contributed by atoms with Crippen molar-refractivity contribution in [3.63, 3.8) is 0 Å². The van der Waals surface area contributed by atoms with Crippen LogP contribution >= 0.6 is 0 Å². The van der Waals surface area contributed by atoms with Crippen LogP contribution in [0.4, 0.5) is 0 Å². The van der Waals surface area contributed by atoms with Crippen molar-refractivity contribution in [2.45, 2.75) is 12.8 Å². The fraction of sp³-hybridized carbons (Fsp3) is 1.00. The van der Waals surface area contributed by atoms with E-state index >= 15 is 0 Å². The minimum atomic E-state index is 0.365. The Balaban J connectivity index is 1.62. The second-order valence-electron chi connectivity index (χ2n) is 4.32. The first-order chi connectivity index (χ1) is 6.38. The summed E-state index contributed by atoms with van der Waals surface area (Å²) in [6.07, 6.45) is 2.45. The van der Waals surface area contributed by atoms with Crippen LogP contribution in [0.1, 0.15) is 12.8 Å². The smallest absolute Gasteiger partial charge is 0.0483 e. The van der Waals surface area contributed by atoms with Gasteiger partial charge in [-0.05, 0) is 18.8 Å². The molecule has 0 aliphatic carbocycles. The van der Waals surface area contributed by atoms with Crippen molar-refractivity contribution in [3.8, 4) is 0 Å².